The molecule has 3 rings (SSSR count). The van der Waals surface area contributed by atoms with Crippen LogP contribution in [0.25, 0.3) is 0 Å². The monoisotopic (exact) mass is 301 g/mol. The lowest BCUT2D eigenvalue weighted by Crippen LogP contribution is -2.17. The van der Waals surface area contributed by atoms with Crippen LogP contribution in [0.3, 0.4) is 0 Å². The summed E-state index contributed by atoms with van der Waals surface area (Å²) in [5, 5.41) is 3.24. The van der Waals surface area contributed by atoms with E-state index in [2.05, 4.69) is 11.4 Å². The molecule has 0 radical (unpaired) electrons. The van der Waals surface area contributed by atoms with Crippen LogP contribution in [0.5, 0.6) is 5.75 Å². The van der Waals surface area contributed by atoms with E-state index in [0.29, 0.717) is 16.5 Å². The van der Waals surface area contributed by atoms with Gasteiger partial charge in [-0.1, -0.05) is 23.7 Å². The van der Waals surface area contributed by atoms with Gasteiger partial charge >= 0.3 is 6.09 Å². The van der Waals surface area contributed by atoms with E-state index < -0.39 is 6.09 Å². The minimum absolute atomic E-state index is 0.506. The second kappa shape index (κ2) is 6.19. The number of ether oxygens (including phenoxy) is 1. The lowest BCUT2D eigenvalue weighted by atomic mass is 9.92. The van der Waals surface area contributed by atoms with Crippen LogP contribution in [0.15, 0.2) is 42.5 Å². The van der Waals surface area contributed by atoms with Gasteiger partial charge in [-0.2, -0.15) is 0 Å². The second-order valence-corrected chi connectivity index (χ2v) is 5.60. The van der Waals surface area contributed by atoms with E-state index in [4.69, 9.17) is 16.3 Å². The molecule has 2 aromatic carbocycles. The molecular weight excluding hydrogens is 286 g/mol. The second-order valence-electron chi connectivity index (χ2n) is 5.16. The van der Waals surface area contributed by atoms with Crippen LogP contribution in [-0.2, 0) is 12.8 Å². The number of anilines is 1. The number of carbonyl (C=O) groups is 1. The molecule has 0 saturated heterocycles. The van der Waals surface area contributed by atoms with E-state index in [-0.39, 0.29) is 0 Å². The van der Waals surface area contributed by atoms with Crippen molar-refractivity contribution in [2.75, 3.05) is 5.32 Å². The number of hydrogen-bond donors (Lipinski definition) is 1. The smallest absolute Gasteiger partial charge is 0.410 e. The molecule has 0 fully saturated rings. The van der Waals surface area contributed by atoms with Crippen LogP contribution in [0.4, 0.5) is 10.5 Å². The molecule has 1 aliphatic carbocycles. The summed E-state index contributed by atoms with van der Waals surface area (Å²) in [5.74, 6) is 0.579. The average molecular weight is 302 g/mol. The highest BCUT2D eigenvalue weighted by atomic mass is 35.5. The molecule has 0 unspecified atom stereocenters. The summed E-state index contributed by atoms with van der Waals surface area (Å²) >= 11 is 5.88. The Morgan fingerprint density at radius 2 is 1.86 bits per heavy atom. The summed E-state index contributed by atoms with van der Waals surface area (Å²) in [6.45, 7) is 0. The van der Waals surface area contributed by atoms with Crippen LogP contribution in [0, 0.1) is 0 Å². The predicted molar refractivity (Wildman–Crippen MR) is 84.2 cm³/mol. The Morgan fingerprint density at radius 3 is 2.67 bits per heavy atom. The standard InChI is InChI=1S/C17H16ClNO2/c18-14-6-3-7-15(11-14)19-17(20)21-16-9-8-12-4-1-2-5-13(12)10-16/h3,6-11H,1-2,4-5H2,(H,19,20). The van der Waals surface area contributed by atoms with Crippen molar-refractivity contribution in [3.8, 4) is 5.75 Å². The SMILES string of the molecule is O=C(Nc1cccc(Cl)c1)Oc1ccc2c(c1)CCCC2. The van der Waals surface area contributed by atoms with Crippen LogP contribution >= 0.6 is 11.6 Å². The van der Waals surface area contributed by atoms with Crippen LogP contribution in [-0.4, -0.2) is 6.09 Å². The van der Waals surface area contributed by atoms with Gasteiger partial charge in [0.2, 0.25) is 0 Å². The van der Waals surface area contributed by atoms with E-state index in [1.807, 2.05) is 12.1 Å². The van der Waals surface area contributed by atoms with Gasteiger partial charge in [0.15, 0.2) is 0 Å². The highest BCUT2D eigenvalue weighted by Crippen LogP contribution is 2.25. The van der Waals surface area contributed by atoms with Crippen molar-refractivity contribution >= 4 is 23.4 Å². The Kier molecular flexibility index (Phi) is 4.11. The summed E-state index contributed by atoms with van der Waals surface area (Å²) in [7, 11) is 0. The highest BCUT2D eigenvalue weighted by molar-refractivity contribution is 6.30. The Morgan fingerprint density at radius 1 is 1.05 bits per heavy atom. The molecule has 1 aliphatic rings. The number of amides is 1. The van der Waals surface area contributed by atoms with E-state index in [1.54, 1.807) is 24.3 Å². The number of hydrogen-bond acceptors (Lipinski definition) is 2. The lowest BCUT2D eigenvalue weighted by Gasteiger charge is -2.16. The van der Waals surface area contributed by atoms with Crippen molar-refractivity contribution in [3.63, 3.8) is 0 Å². The van der Waals surface area contributed by atoms with Gasteiger partial charge in [-0.05, 0) is 67.1 Å². The van der Waals surface area contributed by atoms with Gasteiger partial charge in [0.05, 0.1) is 0 Å². The van der Waals surface area contributed by atoms with E-state index in [1.165, 1.54) is 24.0 Å². The third-order valence-corrected chi connectivity index (χ3v) is 3.84. The van der Waals surface area contributed by atoms with Crippen molar-refractivity contribution in [2.45, 2.75) is 25.7 Å². The first-order chi connectivity index (χ1) is 10.2. The Bertz CT molecular complexity index is 670. The molecule has 1 N–H and O–H groups in total. The third kappa shape index (κ3) is 3.56. The van der Waals surface area contributed by atoms with E-state index in [0.717, 1.165) is 12.8 Å². The van der Waals surface area contributed by atoms with Crippen molar-refractivity contribution in [2.24, 2.45) is 0 Å². The molecule has 4 heteroatoms. The summed E-state index contributed by atoms with van der Waals surface area (Å²) in [6, 6.07) is 12.8. The molecule has 1 amide bonds. The number of carbonyl (C=O) groups excluding carboxylic acids is 1. The largest absolute Gasteiger partial charge is 0.417 e. The molecule has 0 aromatic heterocycles. The molecular formula is C17H16ClNO2. The Hall–Kier alpha value is -2.00. The van der Waals surface area contributed by atoms with Crippen molar-refractivity contribution < 1.29 is 9.53 Å². The van der Waals surface area contributed by atoms with Crippen molar-refractivity contribution in [1.82, 2.24) is 0 Å². The van der Waals surface area contributed by atoms with Gasteiger partial charge in [0, 0.05) is 10.7 Å². The molecule has 0 bridgehead atoms. The molecule has 0 aliphatic heterocycles. The molecule has 108 valence electrons. The number of benzene rings is 2. The maximum Gasteiger partial charge on any atom is 0.417 e. The molecule has 0 atom stereocenters. The predicted octanol–water partition coefficient (Wildman–Crippen LogP) is 4.83. The normalized spacial score (nSPS) is 13.4. The first kappa shape index (κ1) is 14.0. The van der Waals surface area contributed by atoms with Gasteiger partial charge in [-0.25, -0.2) is 4.79 Å². The van der Waals surface area contributed by atoms with Crippen molar-refractivity contribution in [3.05, 3.63) is 58.6 Å². The summed E-state index contributed by atoms with van der Waals surface area (Å²) in [4.78, 5) is 11.9. The first-order valence-electron chi connectivity index (χ1n) is 7.07. The summed E-state index contributed by atoms with van der Waals surface area (Å²) in [6.07, 6.45) is 4.11. The summed E-state index contributed by atoms with van der Waals surface area (Å²) < 4.78 is 5.33. The van der Waals surface area contributed by atoms with Gasteiger partial charge in [0.1, 0.15) is 5.75 Å². The van der Waals surface area contributed by atoms with Gasteiger partial charge in [-0.15, -0.1) is 0 Å². The first-order valence-corrected chi connectivity index (χ1v) is 7.45. The number of rotatable bonds is 2. The highest BCUT2D eigenvalue weighted by Gasteiger charge is 2.12. The minimum atomic E-state index is -0.506. The van der Waals surface area contributed by atoms with Crippen LogP contribution < -0.4 is 10.1 Å². The molecule has 0 spiro atoms. The maximum absolute atomic E-state index is 11.9. The Labute approximate surface area is 128 Å². The number of nitrogens with one attached hydrogen (secondary N) is 1. The topological polar surface area (TPSA) is 38.3 Å². The number of aryl methyl sites for hydroxylation is 2. The average Bonchev–Trinajstić information content (AvgIpc) is 2.47. The van der Waals surface area contributed by atoms with Crippen molar-refractivity contribution in [1.29, 1.82) is 0 Å². The molecule has 21 heavy (non-hydrogen) atoms. The van der Waals surface area contributed by atoms with Crippen LogP contribution in [0.1, 0.15) is 24.0 Å². The fourth-order valence-corrected chi connectivity index (χ4v) is 2.78. The number of halogens is 1. The van der Waals surface area contributed by atoms with Gasteiger partial charge in [0.25, 0.3) is 0 Å². The Balaban J connectivity index is 1.67. The quantitative estimate of drug-likeness (QED) is 0.862. The van der Waals surface area contributed by atoms with E-state index in [9.17, 15) is 4.79 Å². The van der Waals surface area contributed by atoms with E-state index >= 15 is 0 Å². The molecule has 0 saturated carbocycles. The zero-order chi connectivity index (χ0) is 14.7. The van der Waals surface area contributed by atoms with Gasteiger partial charge in [-0.3, -0.25) is 5.32 Å². The fourth-order valence-electron chi connectivity index (χ4n) is 2.59. The molecule has 3 nitrogen and oxygen atoms in total. The summed E-state index contributed by atoms with van der Waals surface area (Å²) in [5.41, 5.74) is 3.27. The lowest BCUT2D eigenvalue weighted by molar-refractivity contribution is 0.215. The molecule has 0 heterocycles. The van der Waals surface area contributed by atoms with Gasteiger partial charge < -0.3 is 4.74 Å². The zero-order valence-corrected chi connectivity index (χ0v) is 12.3. The fraction of sp³-hybridized carbons (Fsp3) is 0.235. The van der Waals surface area contributed by atoms with Crippen LogP contribution in [0.2, 0.25) is 5.02 Å². The third-order valence-electron chi connectivity index (χ3n) is 3.60. The number of fused-ring (bicyclic) bond motifs is 1. The maximum atomic E-state index is 11.9. The zero-order valence-electron chi connectivity index (χ0n) is 11.6. The molecule has 2 aromatic rings. The minimum Gasteiger partial charge on any atom is -0.410 e.